The molecule has 4 rings (SSSR count). The van der Waals surface area contributed by atoms with E-state index in [9.17, 15) is 0 Å². The summed E-state index contributed by atoms with van der Waals surface area (Å²) in [6, 6.07) is 15.4. The molecule has 21 heavy (non-hydrogen) atoms. The number of fused-ring (bicyclic) bond motifs is 5. The minimum atomic E-state index is 0.185. The Morgan fingerprint density at radius 3 is 2.86 bits per heavy atom. The number of hydrogen-bond donors (Lipinski definition) is 1. The first-order chi connectivity index (χ1) is 10.2. The Morgan fingerprint density at radius 2 is 1.95 bits per heavy atom. The molecule has 0 aromatic heterocycles. The Bertz CT molecular complexity index is 683. The molecule has 0 bridgehead atoms. The average Bonchev–Trinajstić information content (AvgIpc) is 2.63. The molecule has 2 heterocycles. The topological polar surface area (TPSA) is 29.3 Å². The van der Waals surface area contributed by atoms with Gasteiger partial charge in [0.1, 0.15) is 0 Å². The fourth-order valence-corrected chi connectivity index (χ4v) is 4.00. The van der Waals surface area contributed by atoms with Crippen molar-refractivity contribution in [2.75, 3.05) is 11.4 Å². The summed E-state index contributed by atoms with van der Waals surface area (Å²) >= 11 is 6.25. The SMILES string of the molecule is N[C@@H]1CCCN2c3cc(Cl)ccc3Cc3ccccc3[C@H]12. The number of halogens is 1. The van der Waals surface area contributed by atoms with Crippen molar-refractivity contribution in [3.8, 4) is 0 Å². The van der Waals surface area contributed by atoms with Crippen molar-refractivity contribution in [1.29, 1.82) is 0 Å². The lowest BCUT2D eigenvalue weighted by atomic mass is 9.88. The van der Waals surface area contributed by atoms with Crippen molar-refractivity contribution in [2.45, 2.75) is 31.3 Å². The van der Waals surface area contributed by atoms with Crippen LogP contribution in [0.3, 0.4) is 0 Å². The second-order valence-corrected chi connectivity index (χ2v) is 6.53. The van der Waals surface area contributed by atoms with Gasteiger partial charge in [-0.15, -0.1) is 0 Å². The molecule has 0 spiro atoms. The predicted octanol–water partition coefficient (Wildman–Crippen LogP) is 3.91. The zero-order valence-electron chi connectivity index (χ0n) is 11.9. The fraction of sp³-hybridized carbons (Fsp3) is 0.333. The maximum Gasteiger partial charge on any atom is 0.0696 e. The van der Waals surface area contributed by atoms with Gasteiger partial charge < -0.3 is 10.6 Å². The molecule has 1 saturated heterocycles. The first kappa shape index (κ1) is 13.2. The van der Waals surface area contributed by atoms with Crippen LogP contribution >= 0.6 is 11.6 Å². The maximum atomic E-state index is 6.49. The van der Waals surface area contributed by atoms with Gasteiger partial charge in [-0.25, -0.2) is 0 Å². The smallest absolute Gasteiger partial charge is 0.0696 e. The van der Waals surface area contributed by atoms with Crippen LogP contribution in [-0.4, -0.2) is 12.6 Å². The summed E-state index contributed by atoms with van der Waals surface area (Å²) in [5, 5.41) is 0.803. The van der Waals surface area contributed by atoms with Gasteiger partial charge in [-0.2, -0.15) is 0 Å². The number of nitrogens with zero attached hydrogens (tertiary/aromatic N) is 1. The number of anilines is 1. The van der Waals surface area contributed by atoms with Crippen LogP contribution in [-0.2, 0) is 6.42 Å². The van der Waals surface area contributed by atoms with Crippen molar-refractivity contribution in [3.05, 3.63) is 64.2 Å². The molecule has 108 valence electrons. The van der Waals surface area contributed by atoms with Gasteiger partial charge in [0.15, 0.2) is 0 Å². The standard InChI is InChI=1S/C18H19ClN2/c19-14-8-7-13-10-12-4-1-2-5-15(12)18-16(20)6-3-9-21(18)17(13)11-14/h1-2,4-5,7-8,11,16,18H,3,6,9-10,20H2/t16-,18-/m1/s1. The lowest BCUT2D eigenvalue weighted by Crippen LogP contribution is -2.46. The molecule has 2 aromatic rings. The van der Waals surface area contributed by atoms with E-state index >= 15 is 0 Å². The average molecular weight is 299 g/mol. The van der Waals surface area contributed by atoms with Crippen molar-refractivity contribution in [2.24, 2.45) is 5.73 Å². The lowest BCUT2D eigenvalue weighted by Gasteiger charge is -2.41. The molecule has 3 heteroatoms. The van der Waals surface area contributed by atoms with Gasteiger partial charge >= 0.3 is 0 Å². The van der Waals surface area contributed by atoms with Crippen LogP contribution in [0, 0.1) is 0 Å². The maximum absolute atomic E-state index is 6.49. The van der Waals surface area contributed by atoms with Crippen molar-refractivity contribution in [3.63, 3.8) is 0 Å². The number of piperidine rings is 1. The molecule has 2 atom stereocenters. The van der Waals surface area contributed by atoms with E-state index in [0.29, 0.717) is 0 Å². The zero-order chi connectivity index (χ0) is 14.4. The summed E-state index contributed by atoms with van der Waals surface area (Å²) < 4.78 is 0. The Hall–Kier alpha value is -1.51. The summed E-state index contributed by atoms with van der Waals surface area (Å²) in [4.78, 5) is 2.47. The number of hydrogen-bond acceptors (Lipinski definition) is 2. The molecule has 2 aromatic carbocycles. The van der Waals surface area contributed by atoms with Gasteiger partial charge in [-0.05, 0) is 48.1 Å². The number of nitrogens with two attached hydrogens (primary N) is 1. The molecule has 0 radical (unpaired) electrons. The number of benzene rings is 2. The van der Waals surface area contributed by atoms with Crippen molar-refractivity contribution in [1.82, 2.24) is 0 Å². The Balaban J connectivity index is 1.94. The third-order valence-corrected chi connectivity index (χ3v) is 5.02. The largest absolute Gasteiger partial charge is 0.363 e. The van der Waals surface area contributed by atoms with Crippen LogP contribution < -0.4 is 10.6 Å². The highest BCUT2D eigenvalue weighted by Gasteiger charge is 2.34. The molecule has 2 nitrogen and oxygen atoms in total. The summed E-state index contributed by atoms with van der Waals surface area (Å²) in [6.07, 6.45) is 3.19. The van der Waals surface area contributed by atoms with Crippen LogP contribution in [0.4, 0.5) is 5.69 Å². The van der Waals surface area contributed by atoms with Crippen LogP contribution in [0.25, 0.3) is 0 Å². The van der Waals surface area contributed by atoms with E-state index in [2.05, 4.69) is 41.3 Å². The molecular weight excluding hydrogens is 280 g/mol. The fourth-order valence-electron chi connectivity index (χ4n) is 3.84. The highest BCUT2D eigenvalue weighted by Crippen LogP contribution is 2.42. The third kappa shape index (κ3) is 2.14. The summed E-state index contributed by atoms with van der Waals surface area (Å²) in [5.41, 5.74) is 11.9. The molecule has 0 unspecified atom stereocenters. The highest BCUT2D eigenvalue weighted by molar-refractivity contribution is 6.30. The van der Waals surface area contributed by atoms with E-state index in [1.807, 2.05) is 6.07 Å². The highest BCUT2D eigenvalue weighted by atomic mass is 35.5. The number of rotatable bonds is 0. The third-order valence-electron chi connectivity index (χ3n) is 4.79. The van der Waals surface area contributed by atoms with Crippen LogP contribution in [0.15, 0.2) is 42.5 Å². The van der Waals surface area contributed by atoms with E-state index < -0.39 is 0 Å². The normalized spacial score (nSPS) is 23.8. The molecule has 2 aliphatic heterocycles. The Labute approximate surface area is 130 Å². The van der Waals surface area contributed by atoms with Gasteiger partial charge in [-0.3, -0.25) is 0 Å². The molecule has 0 aliphatic carbocycles. The van der Waals surface area contributed by atoms with Crippen molar-refractivity contribution < 1.29 is 0 Å². The molecule has 0 saturated carbocycles. The van der Waals surface area contributed by atoms with E-state index in [0.717, 1.165) is 30.8 Å². The summed E-state index contributed by atoms with van der Waals surface area (Å²) in [5.74, 6) is 0. The second kappa shape index (κ2) is 5.04. The predicted molar refractivity (Wildman–Crippen MR) is 88.0 cm³/mol. The molecule has 2 N–H and O–H groups in total. The van der Waals surface area contributed by atoms with Crippen LogP contribution in [0.1, 0.15) is 35.6 Å². The first-order valence-corrected chi connectivity index (χ1v) is 8.00. The van der Waals surface area contributed by atoms with Gasteiger partial charge in [-0.1, -0.05) is 41.9 Å². The quantitative estimate of drug-likeness (QED) is 0.799. The van der Waals surface area contributed by atoms with Gasteiger partial charge in [0.2, 0.25) is 0 Å². The minimum absolute atomic E-state index is 0.185. The van der Waals surface area contributed by atoms with Crippen molar-refractivity contribution >= 4 is 17.3 Å². The summed E-state index contributed by atoms with van der Waals surface area (Å²) in [7, 11) is 0. The van der Waals surface area contributed by atoms with E-state index in [4.69, 9.17) is 17.3 Å². The lowest BCUT2D eigenvalue weighted by molar-refractivity contribution is 0.410. The van der Waals surface area contributed by atoms with Gasteiger partial charge in [0, 0.05) is 23.3 Å². The van der Waals surface area contributed by atoms with E-state index in [-0.39, 0.29) is 12.1 Å². The van der Waals surface area contributed by atoms with E-state index in [1.165, 1.54) is 22.4 Å². The molecular formula is C18H19ClN2. The monoisotopic (exact) mass is 298 g/mol. The summed E-state index contributed by atoms with van der Waals surface area (Å²) in [6.45, 7) is 1.06. The van der Waals surface area contributed by atoms with E-state index in [1.54, 1.807) is 0 Å². The van der Waals surface area contributed by atoms with Gasteiger partial charge in [0.05, 0.1) is 6.04 Å². The minimum Gasteiger partial charge on any atom is -0.363 e. The second-order valence-electron chi connectivity index (χ2n) is 6.09. The van der Waals surface area contributed by atoms with Gasteiger partial charge in [0.25, 0.3) is 0 Å². The first-order valence-electron chi connectivity index (χ1n) is 7.62. The Morgan fingerprint density at radius 1 is 1.10 bits per heavy atom. The van der Waals surface area contributed by atoms with Crippen LogP contribution in [0.5, 0.6) is 0 Å². The molecule has 2 aliphatic rings. The Kier molecular flexibility index (Phi) is 3.16. The molecule has 0 amide bonds. The zero-order valence-corrected chi connectivity index (χ0v) is 12.7. The molecule has 1 fully saturated rings. The van der Waals surface area contributed by atoms with Crippen LogP contribution in [0.2, 0.25) is 5.02 Å².